The number of halogens is 2. The lowest BCUT2D eigenvalue weighted by atomic mass is 10.1. The minimum atomic E-state index is -0.352. The summed E-state index contributed by atoms with van der Waals surface area (Å²) in [6, 6.07) is 6.44. The Bertz CT molecular complexity index is 877. The smallest absolute Gasteiger partial charge is 0.248 e. The normalized spacial score (nSPS) is 12.1. The molecule has 0 bridgehead atoms. The third kappa shape index (κ3) is 4.42. The van der Waals surface area contributed by atoms with Crippen molar-refractivity contribution in [2.75, 3.05) is 5.32 Å². The number of amides is 1. The third-order valence-electron chi connectivity index (χ3n) is 3.57. The van der Waals surface area contributed by atoms with Gasteiger partial charge in [-0.2, -0.15) is 5.10 Å². The van der Waals surface area contributed by atoms with Crippen LogP contribution in [0.4, 0.5) is 10.3 Å². The maximum absolute atomic E-state index is 13.7. The number of carbonyl (C=O) groups is 1. The number of aromatic nitrogens is 5. The Morgan fingerprint density at radius 3 is 2.88 bits per heavy atom. The van der Waals surface area contributed by atoms with Crippen LogP contribution >= 0.6 is 11.6 Å². The zero-order valence-electron chi connectivity index (χ0n) is 13.4. The predicted octanol–water partition coefficient (Wildman–Crippen LogP) is 2.59. The quantitative estimate of drug-likeness (QED) is 0.731. The number of carbonyl (C=O) groups excluding carboxylic acids is 1. The molecule has 3 rings (SSSR count). The third-order valence-corrected chi connectivity index (χ3v) is 3.77. The molecule has 3 aromatic rings. The highest BCUT2D eigenvalue weighted by Gasteiger charge is 2.16. The summed E-state index contributed by atoms with van der Waals surface area (Å²) in [6.07, 6.45) is 4.60. The molecular formula is C16H16ClFN6O. The lowest BCUT2D eigenvalue weighted by Crippen LogP contribution is -2.25. The first-order valence-corrected chi connectivity index (χ1v) is 8.01. The first-order chi connectivity index (χ1) is 12.0. The summed E-state index contributed by atoms with van der Waals surface area (Å²) >= 11 is 5.80. The molecule has 0 saturated heterocycles. The number of rotatable bonds is 6. The summed E-state index contributed by atoms with van der Waals surface area (Å²) < 4.78 is 16.7. The highest BCUT2D eigenvalue weighted by Crippen LogP contribution is 2.11. The van der Waals surface area contributed by atoms with Gasteiger partial charge in [0.15, 0.2) is 0 Å². The van der Waals surface area contributed by atoms with Crippen molar-refractivity contribution in [2.24, 2.45) is 5.92 Å². The van der Waals surface area contributed by atoms with Crippen LogP contribution in [0.5, 0.6) is 0 Å². The largest absolute Gasteiger partial charge is 0.293 e. The van der Waals surface area contributed by atoms with E-state index in [4.69, 9.17) is 11.6 Å². The maximum atomic E-state index is 13.7. The van der Waals surface area contributed by atoms with Crippen LogP contribution < -0.4 is 5.32 Å². The van der Waals surface area contributed by atoms with Gasteiger partial charge in [0.2, 0.25) is 11.9 Å². The molecule has 0 saturated carbocycles. The minimum absolute atomic E-state index is 0.173. The van der Waals surface area contributed by atoms with Crippen LogP contribution in [-0.2, 0) is 17.9 Å². The van der Waals surface area contributed by atoms with E-state index >= 15 is 0 Å². The van der Waals surface area contributed by atoms with Crippen molar-refractivity contribution >= 4 is 23.5 Å². The molecule has 0 radical (unpaired) electrons. The van der Waals surface area contributed by atoms with Crippen molar-refractivity contribution in [1.82, 2.24) is 24.5 Å². The summed E-state index contributed by atoms with van der Waals surface area (Å²) in [4.78, 5) is 16.2. The molecule has 9 heteroatoms. The van der Waals surface area contributed by atoms with E-state index in [2.05, 4.69) is 20.5 Å². The Morgan fingerprint density at radius 1 is 1.36 bits per heavy atom. The van der Waals surface area contributed by atoms with Gasteiger partial charge in [0, 0.05) is 11.8 Å². The number of nitrogens with zero attached hydrogens (tertiary/aromatic N) is 5. The average Bonchev–Trinajstić information content (AvgIpc) is 3.18. The molecule has 0 aliphatic rings. The van der Waals surface area contributed by atoms with Gasteiger partial charge in [0.25, 0.3) is 0 Å². The maximum Gasteiger partial charge on any atom is 0.248 e. The zero-order chi connectivity index (χ0) is 17.8. The number of hydrogen-bond acceptors (Lipinski definition) is 4. The molecule has 25 heavy (non-hydrogen) atoms. The number of hydrogen-bond donors (Lipinski definition) is 1. The standard InChI is InChI=1S/C16H16ClFN6O/c1-11(7-23-9-13(17)6-20-23)15(25)21-16-19-10-24(22-16)8-12-4-2-3-5-14(12)18/h2-6,9-11H,7-8H2,1H3,(H,21,22,25). The molecule has 1 atom stereocenters. The topological polar surface area (TPSA) is 77.6 Å². The number of anilines is 1. The first-order valence-electron chi connectivity index (χ1n) is 7.63. The molecule has 1 N–H and O–H groups in total. The second-order valence-corrected chi connectivity index (χ2v) is 6.06. The van der Waals surface area contributed by atoms with E-state index in [9.17, 15) is 9.18 Å². The molecule has 0 aliphatic carbocycles. The first kappa shape index (κ1) is 17.1. The van der Waals surface area contributed by atoms with Crippen LogP contribution in [0.3, 0.4) is 0 Å². The van der Waals surface area contributed by atoms with E-state index in [1.807, 2.05) is 0 Å². The van der Waals surface area contributed by atoms with Gasteiger partial charge < -0.3 is 0 Å². The Hall–Kier alpha value is -2.74. The van der Waals surface area contributed by atoms with Gasteiger partial charge in [-0.1, -0.05) is 36.7 Å². The fraction of sp³-hybridized carbons (Fsp3) is 0.250. The fourth-order valence-corrected chi connectivity index (χ4v) is 2.42. The lowest BCUT2D eigenvalue weighted by Gasteiger charge is -2.10. The van der Waals surface area contributed by atoms with Gasteiger partial charge in [0.05, 0.1) is 30.2 Å². The van der Waals surface area contributed by atoms with Crippen molar-refractivity contribution in [3.05, 3.63) is 59.4 Å². The molecule has 7 nitrogen and oxygen atoms in total. The van der Waals surface area contributed by atoms with E-state index in [1.54, 1.807) is 36.0 Å². The van der Waals surface area contributed by atoms with Crippen molar-refractivity contribution in [2.45, 2.75) is 20.0 Å². The van der Waals surface area contributed by atoms with Crippen LogP contribution in [0, 0.1) is 11.7 Å². The lowest BCUT2D eigenvalue weighted by molar-refractivity contribution is -0.119. The van der Waals surface area contributed by atoms with Crippen LogP contribution in [-0.4, -0.2) is 30.5 Å². The van der Waals surface area contributed by atoms with Crippen molar-refractivity contribution in [3.63, 3.8) is 0 Å². The molecule has 0 aliphatic heterocycles. The number of nitrogens with one attached hydrogen (secondary N) is 1. The van der Waals surface area contributed by atoms with E-state index in [1.165, 1.54) is 23.3 Å². The molecule has 1 amide bonds. The monoisotopic (exact) mass is 362 g/mol. The van der Waals surface area contributed by atoms with Crippen molar-refractivity contribution < 1.29 is 9.18 Å². The van der Waals surface area contributed by atoms with Crippen LogP contribution in [0.15, 0.2) is 43.0 Å². The molecule has 2 aromatic heterocycles. The fourth-order valence-electron chi connectivity index (χ4n) is 2.26. The molecular weight excluding hydrogens is 347 g/mol. The molecule has 0 fully saturated rings. The Kier molecular flexibility index (Phi) is 5.08. The second kappa shape index (κ2) is 7.43. The highest BCUT2D eigenvalue weighted by atomic mass is 35.5. The SMILES string of the molecule is CC(Cn1cc(Cl)cn1)C(=O)Nc1ncn(Cc2ccccc2F)n1. The van der Waals surface area contributed by atoms with E-state index in [-0.39, 0.29) is 30.1 Å². The zero-order valence-corrected chi connectivity index (χ0v) is 14.2. The summed E-state index contributed by atoms with van der Waals surface area (Å²) in [5, 5.41) is 11.3. The van der Waals surface area contributed by atoms with Crippen LogP contribution in [0.2, 0.25) is 5.02 Å². The van der Waals surface area contributed by atoms with Crippen molar-refractivity contribution in [3.8, 4) is 0 Å². The molecule has 0 spiro atoms. The Morgan fingerprint density at radius 2 is 2.16 bits per heavy atom. The molecule has 130 valence electrons. The Labute approximate surface area is 148 Å². The van der Waals surface area contributed by atoms with Crippen LogP contribution in [0.25, 0.3) is 0 Å². The molecule has 1 aromatic carbocycles. The Balaban J connectivity index is 1.59. The summed E-state index contributed by atoms with van der Waals surface area (Å²) in [5.74, 6) is -0.730. The van der Waals surface area contributed by atoms with Gasteiger partial charge in [-0.05, 0) is 6.07 Å². The number of benzene rings is 1. The summed E-state index contributed by atoms with van der Waals surface area (Å²) in [6.45, 7) is 2.38. The van der Waals surface area contributed by atoms with Gasteiger partial charge in [-0.3, -0.25) is 14.8 Å². The van der Waals surface area contributed by atoms with Gasteiger partial charge in [-0.25, -0.2) is 14.1 Å². The predicted molar refractivity (Wildman–Crippen MR) is 90.6 cm³/mol. The molecule has 1 unspecified atom stereocenters. The summed E-state index contributed by atoms with van der Waals surface area (Å²) in [5.41, 5.74) is 0.495. The van der Waals surface area contributed by atoms with E-state index < -0.39 is 0 Å². The van der Waals surface area contributed by atoms with E-state index in [0.29, 0.717) is 17.1 Å². The van der Waals surface area contributed by atoms with Gasteiger partial charge in [-0.15, -0.1) is 5.10 Å². The van der Waals surface area contributed by atoms with Crippen molar-refractivity contribution in [1.29, 1.82) is 0 Å². The second-order valence-electron chi connectivity index (χ2n) is 5.63. The molecule has 2 heterocycles. The van der Waals surface area contributed by atoms with E-state index in [0.717, 1.165) is 0 Å². The average molecular weight is 363 g/mol. The highest BCUT2D eigenvalue weighted by molar-refractivity contribution is 6.30. The van der Waals surface area contributed by atoms with Gasteiger partial charge >= 0.3 is 0 Å². The summed E-state index contributed by atoms with van der Waals surface area (Å²) in [7, 11) is 0. The van der Waals surface area contributed by atoms with Gasteiger partial charge in [0.1, 0.15) is 12.1 Å². The minimum Gasteiger partial charge on any atom is -0.293 e. The van der Waals surface area contributed by atoms with Crippen LogP contribution in [0.1, 0.15) is 12.5 Å².